The van der Waals surface area contributed by atoms with E-state index in [0.29, 0.717) is 5.56 Å². The minimum atomic E-state index is -0.314. The molecule has 2 saturated heterocycles. The van der Waals surface area contributed by atoms with Gasteiger partial charge in [0.25, 0.3) is 0 Å². The number of ether oxygens (including phenoxy) is 2. The van der Waals surface area contributed by atoms with Crippen LogP contribution >= 0.6 is 0 Å². The van der Waals surface area contributed by atoms with Gasteiger partial charge in [0, 0.05) is 6.61 Å². The number of carbonyl (C=O) groups is 1. The summed E-state index contributed by atoms with van der Waals surface area (Å²) in [4.78, 5) is 19.1. The summed E-state index contributed by atoms with van der Waals surface area (Å²) >= 11 is 0. The summed E-state index contributed by atoms with van der Waals surface area (Å²) in [6, 6.07) is 5.58. The Hall–Kier alpha value is -1.92. The highest BCUT2D eigenvalue weighted by molar-refractivity contribution is 5.93. The molecule has 0 spiro atoms. The van der Waals surface area contributed by atoms with Gasteiger partial charge in [0.15, 0.2) is 0 Å². The van der Waals surface area contributed by atoms with Crippen molar-refractivity contribution in [3.05, 3.63) is 29.6 Å². The van der Waals surface area contributed by atoms with Crippen molar-refractivity contribution in [2.75, 3.05) is 26.8 Å². The van der Waals surface area contributed by atoms with Gasteiger partial charge in [0.1, 0.15) is 5.82 Å². The average molecular weight is 329 g/mol. The van der Waals surface area contributed by atoms with Crippen molar-refractivity contribution in [2.45, 2.75) is 38.5 Å². The molecule has 2 fully saturated rings. The van der Waals surface area contributed by atoms with Gasteiger partial charge in [0.2, 0.25) is 0 Å². The molecule has 0 saturated carbocycles. The summed E-state index contributed by atoms with van der Waals surface area (Å²) in [7, 11) is 1.41. The van der Waals surface area contributed by atoms with Crippen LogP contribution in [0, 0.1) is 0 Å². The minimum Gasteiger partial charge on any atom is -0.465 e. The second-order valence-electron chi connectivity index (χ2n) is 6.60. The third kappa shape index (κ3) is 2.91. The molecule has 4 rings (SSSR count). The molecule has 24 heavy (non-hydrogen) atoms. The van der Waals surface area contributed by atoms with Crippen molar-refractivity contribution in [2.24, 2.45) is 0 Å². The van der Waals surface area contributed by atoms with Crippen molar-refractivity contribution in [1.82, 2.24) is 14.5 Å². The predicted octanol–water partition coefficient (Wildman–Crippen LogP) is 2.21. The van der Waals surface area contributed by atoms with Crippen LogP contribution in [-0.2, 0) is 22.6 Å². The second kappa shape index (κ2) is 6.53. The van der Waals surface area contributed by atoms with E-state index in [2.05, 4.69) is 9.47 Å². The van der Waals surface area contributed by atoms with E-state index in [4.69, 9.17) is 14.5 Å². The molecule has 0 unspecified atom stereocenters. The summed E-state index contributed by atoms with van der Waals surface area (Å²) in [6.45, 7) is 4.76. The molecule has 0 aliphatic carbocycles. The van der Waals surface area contributed by atoms with Gasteiger partial charge in [-0.1, -0.05) is 0 Å². The van der Waals surface area contributed by atoms with Crippen LogP contribution in [0.25, 0.3) is 11.0 Å². The summed E-state index contributed by atoms with van der Waals surface area (Å²) in [5, 5.41) is 0. The van der Waals surface area contributed by atoms with E-state index >= 15 is 0 Å². The maximum Gasteiger partial charge on any atom is 0.337 e. The summed E-state index contributed by atoms with van der Waals surface area (Å²) in [6.07, 6.45) is 3.86. The summed E-state index contributed by atoms with van der Waals surface area (Å²) in [5.41, 5.74) is 2.48. The number of benzene rings is 1. The van der Waals surface area contributed by atoms with E-state index in [1.54, 1.807) is 6.07 Å². The van der Waals surface area contributed by atoms with Gasteiger partial charge < -0.3 is 14.0 Å². The topological polar surface area (TPSA) is 56.6 Å². The number of carbonyl (C=O) groups excluding carboxylic acids is 1. The van der Waals surface area contributed by atoms with Gasteiger partial charge in [-0.3, -0.25) is 4.90 Å². The molecule has 2 aromatic rings. The van der Waals surface area contributed by atoms with Crippen LogP contribution in [0.15, 0.2) is 18.2 Å². The monoisotopic (exact) mass is 329 g/mol. The number of nitrogens with zero attached hydrogens (tertiary/aromatic N) is 3. The Balaban J connectivity index is 1.71. The fraction of sp³-hybridized carbons (Fsp3) is 0.556. The molecule has 128 valence electrons. The van der Waals surface area contributed by atoms with Crippen LogP contribution < -0.4 is 0 Å². The zero-order valence-corrected chi connectivity index (χ0v) is 14.0. The number of hydrogen-bond donors (Lipinski definition) is 0. The second-order valence-corrected chi connectivity index (χ2v) is 6.60. The third-order valence-corrected chi connectivity index (χ3v) is 4.99. The maximum atomic E-state index is 11.9. The molecule has 0 bridgehead atoms. The first kappa shape index (κ1) is 15.6. The van der Waals surface area contributed by atoms with E-state index in [1.807, 2.05) is 12.1 Å². The van der Waals surface area contributed by atoms with Gasteiger partial charge in [-0.25, -0.2) is 9.78 Å². The SMILES string of the molecule is COC(=O)c1ccc2nc(CN3CCCC3)n(C[C@@H]3CCO3)c2c1. The van der Waals surface area contributed by atoms with E-state index < -0.39 is 0 Å². The molecule has 6 heteroatoms. The smallest absolute Gasteiger partial charge is 0.337 e. The van der Waals surface area contributed by atoms with Crippen LogP contribution in [0.2, 0.25) is 0 Å². The molecule has 0 amide bonds. The summed E-state index contributed by atoms with van der Waals surface area (Å²) in [5.74, 6) is 0.745. The quantitative estimate of drug-likeness (QED) is 0.787. The van der Waals surface area contributed by atoms with Crippen molar-refractivity contribution >= 4 is 17.0 Å². The first-order valence-corrected chi connectivity index (χ1v) is 8.66. The molecular weight excluding hydrogens is 306 g/mol. The lowest BCUT2D eigenvalue weighted by atomic mass is 10.1. The first-order valence-electron chi connectivity index (χ1n) is 8.66. The molecule has 6 nitrogen and oxygen atoms in total. The number of fused-ring (bicyclic) bond motifs is 1. The number of hydrogen-bond acceptors (Lipinski definition) is 5. The number of rotatable bonds is 5. The molecule has 2 aliphatic rings. The van der Waals surface area contributed by atoms with Crippen molar-refractivity contribution in [3.8, 4) is 0 Å². The Morgan fingerprint density at radius 3 is 2.83 bits per heavy atom. The Morgan fingerprint density at radius 2 is 2.17 bits per heavy atom. The lowest BCUT2D eigenvalue weighted by Crippen LogP contribution is -2.32. The number of methoxy groups -OCH3 is 1. The Bertz CT molecular complexity index is 745. The largest absolute Gasteiger partial charge is 0.465 e. The van der Waals surface area contributed by atoms with Crippen LogP contribution in [0.4, 0.5) is 0 Å². The molecule has 0 radical (unpaired) electrons. The molecular formula is C18H23N3O3. The minimum absolute atomic E-state index is 0.251. The summed E-state index contributed by atoms with van der Waals surface area (Å²) < 4.78 is 12.7. The highest BCUT2D eigenvalue weighted by atomic mass is 16.5. The zero-order chi connectivity index (χ0) is 16.5. The van der Waals surface area contributed by atoms with Crippen molar-refractivity contribution in [3.63, 3.8) is 0 Å². The molecule has 1 aromatic heterocycles. The lowest BCUT2D eigenvalue weighted by Gasteiger charge is -2.28. The highest BCUT2D eigenvalue weighted by Crippen LogP contribution is 2.24. The Kier molecular flexibility index (Phi) is 4.24. The van der Waals surface area contributed by atoms with E-state index in [0.717, 1.165) is 56.1 Å². The van der Waals surface area contributed by atoms with Crippen LogP contribution in [0.1, 0.15) is 35.4 Å². The first-order chi connectivity index (χ1) is 11.7. The molecule has 2 aliphatic heterocycles. The number of esters is 1. The predicted molar refractivity (Wildman–Crippen MR) is 89.9 cm³/mol. The normalized spacial score (nSPS) is 21.1. The Morgan fingerprint density at radius 1 is 1.38 bits per heavy atom. The van der Waals surface area contributed by atoms with Crippen molar-refractivity contribution in [1.29, 1.82) is 0 Å². The van der Waals surface area contributed by atoms with Gasteiger partial charge in [-0.15, -0.1) is 0 Å². The zero-order valence-electron chi connectivity index (χ0n) is 14.0. The molecule has 1 aromatic carbocycles. The molecule has 0 N–H and O–H groups in total. The van der Waals surface area contributed by atoms with E-state index in [-0.39, 0.29) is 12.1 Å². The van der Waals surface area contributed by atoms with E-state index in [1.165, 1.54) is 20.0 Å². The highest BCUT2D eigenvalue weighted by Gasteiger charge is 2.24. The number of aromatic nitrogens is 2. The van der Waals surface area contributed by atoms with Gasteiger partial charge in [-0.05, 0) is 50.6 Å². The van der Waals surface area contributed by atoms with Crippen LogP contribution in [0.5, 0.6) is 0 Å². The number of likely N-dealkylation sites (tertiary alicyclic amines) is 1. The number of imidazole rings is 1. The molecule has 3 heterocycles. The van der Waals surface area contributed by atoms with Gasteiger partial charge >= 0.3 is 5.97 Å². The van der Waals surface area contributed by atoms with Crippen LogP contribution in [-0.4, -0.2) is 53.3 Å². The van der Waals surface area contributed by atoms with Gasteiger partial charge in [0.05, 0.1) is 42.9 Å². The standard InChI is InChI=1S/C18H23N3O3/c1-23-18(22)13-4-5-15-16(10-13)21(11-14-6-9-24-14)17(19-15)12-20-7-2-3-8-20/h4-5,10,14H,2-3,6-9,11-12H2,1H3/t14-/m0/s1. The lowest BCUT2D eigenvalue weighted by molar-refractivity contribution is -0.0591. The van der Waals surface area contributed by atoms with E-state index in [9.17, 15) is 4.79 Å². The van der Waals surface area contributed by atoms with Gasteiger partial charge in [-0.2, -0.15) is 0 Å². The third-order valence-electron chi connectivity index (χ3n) is 4.99. The van der Waals surface area contributed by atoms with Crippen LogP contribution in [0.3, 0.4) is 0 Å². The fourth-order valence-corrected chi connectivity index (χ4v) is 3.51. The average Bonchev–Trinajstić information content (AvgIpc) is 3.17. The fourth-order valence-electron chi connectivity index (χ4n) is 3.51. The Labute approximate surface area is 141 Å². The molecule has 1 atom stereocenters. The van der Waals surface area contributed by atoms with Crippen molar-refractivity contribution < 1.29 is 14.3 Å². The maximum absolute atomic E-state index is 11.9.